The van der Waals surface area contributed by atoms with Crippen molar-refractivity contribution in [3.05, 3.63) is 144 Å². The standard InChI is InChI=1S/C39H41NO3S/c1-3-10-30(11-4-1)27-41-22-9-23-42-36-20-18-33(19-21-36)39-35(29-44-37-14-5-2-6-15-37)25-40-26-38(39)43-28-31-16-17-32-12-7-8-13-34(32)24-31/h1-8,10-21,24,35,38-40H,9,22-23,25-29H2. The Balaban J connectivity index is 1.08. The van der Waals surface area contributed by atoms with Crippen molar-refractivity contribution >= 4 is 22.5 Å². The highest BCUT2D eigenvalue weighted by Crippen LogP contribution is 2.37. The van der Waals surface area contributed by atoms with Gasteiger partial charge in [-0.25, -0.2) is 0 Å². The third-order valence-electron chi connectivity index (χ3n) is 8.22. The number of ether oxygens (including phenoxy) is 3. The molecular formula is C39H41NO3S. The fraction of sp³-hybridized carbons (Fsp3) is 0.282. The van der Waals surface area contributed by atoms with E-state index in [0.29, 0.717) is 32.3 Å². The summed E-state index contributed by atoms with van der Waals surface area (Å²) in [5.41, 5.74) is 3.72. The first-order valence-electron chi connectivity index (χ1n) is 15.6. The van der Waals surface area contributed by atoms with E-state index in [1.54, 1.807) is 0 Å². The average molecular weight is 604 g/mol. The molecule has 0 aromatic heterocycles. The van der Waals surface area contributed by atoms with Crippen LogP contribution in [0.25, 0.3) is 10.8 Å². The summed E-state index contributed by atoms with van der Waals surface area (Å²) in [5.74, 6) is 2.64. The van der Waals surface area contributed by atoms with E-state index in [1.165, 1.54) is 32.4 Å². The van der Waals surface area contributed by atoms with Crippen LogP contribution in [-0.4, -0.2) is 38.2 Å². The predicted molar refractivity (Wildman–Crippen MR) is 181 cm³/mol. The highest BCUT2D eigenvalue weighted by molar-refractivity contribution is 7.99. The summed E-state index contributed by atoms with van der Waals surface area (Å²) in [4.78, 5) is 1.31. The van der Waals surface area contributed by atoms with Crippen molar-refractivity contribution < 1.29 is 14.2 Å². The quantitative estimate of drug-likeness (QED) is 0.102. The first kappa shape index (κ1) is 30.4. The summed E-state index contributed by atoms with van der Waals surface area (Å²) in [6, 6.07) is 44.8. The van der Waals surface area contributed by atoms with E-state index < -0.39 is 0 Å². The molecule has 0 saturated carbocycles. The van der Waals surface area contributed by atoms with Crippen LogP contribution in [0.3, 0.4) is 0 Å². The van der Waals surface area contributed by atoms with Gasteiger partial charge in [-0.15, -0.1) is 11.8 Å². The zero-order valence-electron chi connectivity index (χ0n) is 25.1. The van der Waals surface area contributed by atoms with Crippen molar-refractivity contribution in [2.45, 2.75) is 36.6 Å². The molecule has 44 heavy (non-hydrogen) atoms. The fourth-order valence-corrected chi connectivity index (χ4v) is 7.02. The molecule has 1 heterocycles. The molecule has 1 saturated heterocycles. The third kappa shape index (κ3) is 8.52. The van der Waals surface area contributed by atoms with Crippen LogP contribution in [0, 0.1) is 5.92 Å². The van der Waals surface area contributed by atoms with Gasteiger partial charge in [0.15, 0.2) is 0 Å². The van der Waals surface area contributed by atoms with Crippen LogP contribution in [0.2, 0.25) is 0 Å². The van der Waals surface area contributed by atoms with Gasteiger partial charge in [0, 0.05) is 29.5 Å². The van der Waals surface area contributed by atoms with Gasteiger partial charge in [0.2, 0.25) is 0 Å². The Morgan fingerprint density at radius 1 is 0.659 bits per heavy atom. The predicted octanol–water partition coefficient (Wildman–Crippen LogP) is 8.51. The van der Waals surface area contributed by atoms with Gasteiger partial charge in [0.1, 0.15) is 5.75 Å². The highest BCUT2D eigenvalue weighted by Gasteiger charge is 2.35. The summed E-state index contributed by atoms with van der Waals surface area (Å²) in [7, 11) is 0. The van der Waals surface area contributed by atoms with E-state index in [1.807, 2.05) is 30.0 Å². The summed E-state index contributed by atoms with van der Waals surface area (Å²) in [5, 5.41) is 6.19. The van der Waals surface area contributed by atoms with Crippen molar-refractivity contribution in [3.8, 4) is 5.75 Å². The van der Waals surface area contributed by atoms with E-state index in [-0.39, 0.29) is 12.0 Å². The van der Waals surface area contributed by atoms with E-state index in [0.717, 1.165) is 31.0 Å². The monoisotopic (exact) mass is 603 g/mol. The number of thioether (sulfide) groups is 1. The maximum atomic E-state index is 6.71. The lowest BCUT2D eigenvalue weighted by Gasteiger charge is -2.39. The molecular weight excluding hydrogens is 563 g/mol. The fourth-order valence-electron chi connectivity index (χ4n) is 5.93. The van der Waals surface area contributed by atoms with Crippen LogP contribution in [0.4, 0.5) is 0 Å². The number of fused-ring (bicyclic) bond motifs is 1. The molecule has 226 valence electrons. The SMILES string of the molecule is c1ccc(COCCCOc2ccc(C3C(CSc4ccccc4)CNCC3OCc3ccc4ccccc4c3)cc2)cc1. The lowest BCUT2D eigenvalue weighted by atomic mass is 9.80. The molecule has 0 spiro atoms. The molecule has 1 aliphatic heterocycles. The van der Waals surface area contributed by atoms with E-state index >= 15 is 0 Å². The Labute approximate surface area is 265 Å². The van der Waals surface area contributed by atoms with Crippen LogP contribution in [0.15, 0.2) is 132 Å². The number of hydrogen-bond acceptors (Lipinski definition) is 5. The zero-order chi connectivity index (χ0) is 29.8. The maximum absolute atomic E-state index is 6.71. The minimum absolute atomic E-state index is 0.0742. The number of rotatable bonds is 14. The minimum Gasteiger partial charge on any atom is -0.494 e. The smallest absolute Gasteiger partial charge is 0.119 e. The first-order chi connectivity index (χ1) is 21.8. The van der Waals surface area contributed by atoms with Gasteiger partial charge < -0.3 is 19.5 Å². The molecule has 5 heteroatoms. The van der Waals surface area contributed by atoms with Gasteiger partial charge in [0.05, 0.1) is 32.5 Å². The second-order valence-corrected chi connectivity index (χ2v) is 12.5. The highest BCUT2D eigenvalue weighted by atomic mass is 32.2. The third-order valence-corrected chi connectivity index (χ3v) is 9.42. The molecule has 0 amide bonds. The molecule has 1 aliphatic rings. The molecule has 3 atom stereocenters. The van der Waals surface area contributed by atoms with Crippen LogP contribution >= 0.6 is 11.8 Å². The summed E-state index contributed by atoms with van der Waals surface area (Å²) >= 11 is 1.93. The molecule has 0 radical (unpaired) electrons. The molecule has 0 aliphatic carbocycles. The van der Waals surface area contributed by atoms with Crippen LogP contribution < -0.4 is 10.1 Å². The van der Waals surface area contributed by atoms with Crippen LogP contribution in [-0.2, 0) is 22.7 Å². The normalized spacial score (nSPS) is 18.3. The minimum atomic E-state index is 0.0742. The Hall–Kier alpha value is -3.61. The number of piperidine rings is 1. The van der Waals surface area contributed by atoms with Gasteiger partial charge in [-0.3, -0.25) is 0 Å². The second-order valence-electron chi connectivity index (χ2n) is 11.4. The van der Waals surface area contributed by atoms with Gasteiger partial charge in [-0.2, -0.15) is 0 Å². The lowest BCUT2D eigenvalue weighted by molar-refractivity contribution is -0.00264. The van der Waals surface area contributed by atoms with Gasteiger partial charge in [0.25, 0.3) is 0 Å². The molecule has 0 bridgehead atoms. The molecule has 3 unspecified atom stereocenters. The number of hydrogen-bond donors (Lipinski definition) is 1. The molecule has 5 aromatic carbocycles. The number of benzene rings is 5. The van der Waals surface area contributed by atoms with Gasteiger partial charge >= 0.3 is 0 Å². The Morgan fingerprint density at radius 3 is 2.23 bits per heavy atom. The molecule has 6 rings (SSSR count). The Bertz CT molecular complexity index is 1560. The second kappa shape index (κ2) is 15.9. The molecule has 1 fully saturated rings. The van der Waals surface area contributed by atoms with Crippen LogP contribution in [0.1, 0.15) is 29.0 Å². The van der Waals surface area contributed by atoms with E-state index in [9.17, 15) is 0 Å². The van der Waals surface area contributed by atoms with Crippen molar-refractivity contribution in [3.63, 3.8) is 0 Å². The van der Waals surface area contributed by atoms with Crippen molar-refractivity contribution in [1.82, 2.24) is 5.32 Å². The van der Waals surface area contributed by atoms with Gasteiger partial charge in [-0.05, 0) is 70.3 Å². The largest absolute Gasteiger partial charge is 0.494 e. The lowest BCUT2D eigenvalue weighted by Crippen LogP contribution is -2.47. The van der Waals surface area contributed by atoms with E-state index in [2.05, 4.69) is 115 Å². The van der Waals surface area contributed by atoms with Crippen molar-refractivity contribution in [2.24, 2.45) is 5.92 Å². The summed E-state index contributed by atoms with van der Waals surface area (Å²) in [6.45, 7) is 4.36. The summed E-state index contributed by atoms with van der Waals surface area (Å²) < 4.78 is 18.6. The molecule has 4 nitrogen and oxygen atoms in total. The topological polar surface area (TPSA) is 39.7 Å². The Kier molecular flexibility index (Phi) is 11.0. The van der Waals surface area contributed by atoms with Gasteiger partial charge in [-0.1, -0.05) is 97.1 Å². The maximum Gasteiger partial charge on any atom is 0.119 e. The van der Waals surface area contributed by atoms with Crippen molar-refractivity contribution in [1.29, 1.82) is 0 Å². The van der Waals surface area contributed by atoms with E-state index in [4.69, 9.17) is 14.2 Å². The zero-order valence-corrected chi connectivity index (χ0v) is 26.0. The van der Waals surface area contributed by atoms with Crippen molar-refractivity contribution in [2.75, 3.05) is 32.1 Å². The average Bonchev–Trinajstić information content (AvgIpc) is 3.09. The molecule has 5 aromatic rings. The molecule has 1 N–H and O–H groups in total. The van der Waals surface area contributed by atoms with Crippen LogP contribution in [0.5, 0.6) is 5.75 Å². The Morgan fingerprint density at radius 2 is 1.41 bits per heavy atom. The summed E-state index contributed by atoms with van der Waals surface area (Å²) in [6.07, 6.45) is 0.928. The first-order valence-corrected chi connectivity index (χ1v) is 16.6. The number of nitrogens with one attached hydrogen (secondary N) is 1.